The molecule has 0 heterocycles. The Balaban J connectivity index is 2.00. The second-order valence-corrected chi connectivity index (χ2v) is 9.37. The first kappa shape index (κ1) is 29.0. The molecule has 0 aliphatic carbocycles. The summed E-state index contributed by atoms with van der Waals surface area (Å²) in [7, 11) is 0. The second kappa shape index (κ2) is 18.4. The van der Waals surface area contributed by atoms with Gasteiger partial charge in [0.1, 0.15) is 11.3 Å². The largest absolute Gasteiger partial charge is 0.507 e. The van der Waals surface area contributed by atoms with Gasteiger partial charge in [0.25, 0.3) is 0 Å². The summed E-state index contributed by atoms with van der Waals surface area (Å²) < 4.78 is 0. The van der Waals surface area contributed by atoms with Crippen molar-refractivity contribution < 1.29 is 24.9 Å². The standard InChI is InChI=1S/C28H46O5/c1-2-3-4-5-6-7-8-9-10-11-12-13-14-15-16-17-18-19-20-23-21-22-24(27(30)31)25(26(23)29)28(32)33/h21-22,29H,2-20H2,1H3,(H,30,31)(H,32,33). The van der Waals surface area contributed by atoms with E-state index in [1.54, 1.807) is 0 Å². The Morgan fingerprint density at radius 3 is 1.36 bits per heavy atom. The van der Waals surface area contributed by atoms with E-state index in [0.717, 1.165) is 19.3 Å². The highest BCUT2D eigenvalue weighted by Gasteiger charge is 2.22. The quantitative estimate of drug-likeness (QED) is 0.159. The molecule has 0 saturated heterocycles. The molecule has 5 nitrogen and oxygen atoms in total. The molecule has 0 amide bonds. The molecule has 1 aromatic carbocycles. The lowest BCUT2D eigenvalue weighted by Gasteiger charge is -2.10. The van der Waals surface area contributed by atoms with Crippen LogP contribution in [0.2, 0.25) is 0 Å². The summed E-state index contributed by atoms with van der Waals surface area (Å²) in [5.41, 5.74) is -0.377. The third-order valence-electron chi connectivity index (χ3n) is 6.51. The first-order chi connectivity index (χ1) is 16.0. The molecule has 0 aromatic heterocycles. The SMILES string of the molecule is CCCCCCCCCCCCCCCCCCCCc1ccc(C(=O)O)c(C(=O)O)c1O. The fourth-order valence-corrected chi connectivity index (χ4v) is 4.45. The first-order valence-electron chi connectivity index (χ1n) is 13.3. The molecule has 0 unspecified atom stereocenters. The fraction of sp³-hybridized carbons (Fsp3) is 0.714. The third kappa shape index (κ3) is 12.7. The zero-order valence-electron chi connectivity index (χ0n) is 20.7. The van der Waals surface area contributed by atoms with Gasteiger partial charge in [-0.15, -0.1) is 0 Å². The number of aromatic carboxylic acids is 2. The average Bonchev–Trinajstić information content (AvgIpc) is 2.78. The topological polar surface area (TPSA) is 94.8 Å². The Labute approximate surface area is 200 Å². The van der Waals surface area contributed by atoms with Gasteiger partial charge in [-0.1, -0.05) is 122 Å². The summed E-state index contributed by atoms with van der Waals surface area (Å²) in [6.07, 6.45) is 24.0. The van der Waals surface area contributed by atoms with E-state index in [1.165, 1.54) is 108 Å². The Morgan fingerprint density at radius 2 is 1.00 bits per heavy atom. The summed E-state index contributed by atoms with van der Waals surface area (Å²) in [5, 5.41) is 28.5. The van der Waals surface area contributed by atoms with Crippen molar-refractivity contribution in [2.75, 3.05) is 0 Å². The summed E-state index contributed by atoms with van der Waals surface area (Å²) >= 11 is 0. The monoisotopic (exact) mass is 462 g/mol. The van der Waals surface area contributed by atoms with Crippen molar-refractivity contribution in [2.45, 2.75) is 129 Å². The maximum atomic E-state index is 11.3. The average molecular weight is 463 g/mol. The number of aryl methyl sites for hydroxylation is 1. The molecule has 3 N–H and O–H groups in total. The second-order valence-electron chi connectivity index (χ2n) is 9.37. The number of carboxylic acid groups (broad SMARTS) is 2. The van der Waals surface area contributed by atoms with E-state index in [2.05, 4.69) is 6.92 Å². The van der Waals surface area contributed by atoms with Gasteiger partial charge in [-0.05, 0) is 24.5 Å². The van der Waals surface area contributed by atoms with Crippen molar-refractivity contribution in [3.8, 4) is 5.75 Å². The highest BCUT2D eigenvalue weighted by Crippen LogP contribution is 2.28. The molecule has 0 aliphatic rings. The summed E-state index contributed by atoms with van der Waals surface area (Å²) in [6.45, 7) is 2.27. The number of carboxylic acids is 2. The Kier molecular flexibility index (Phi) is 16.2. The Bertz CT molecular complexity index is 683. The minimum atomic E-state index is -1.41. The van der Waals surface area contributed by atoms with Crippen LogP contribution in [-0.4, -0.2) is 27.3 Å². The van der Waals surface area contributed by atoms with E-state index in [-0.39, 0.29) is 5.56 Å². The molecule has 0 spiro atoms. The maximum absolute atomic E-state index is 11.3. The highest BCUT2D eigenvalue weighted by atomic mass is 16.4. The number of benzene rings is 1. The van der Waals surface area contributed by atoms with E-state index in [9.17, 15) is 19.8 Å². The summed E-state index contributed by atoms with van der Waals surface area (Å²) in [6, 6.07) is 2.80. The maximum Gasteiger partial charge on any atom is 0.340 e. The highest BCUT2D eigenvalue weighted by molar-refractivity contribution is 6.04. The molecule has 0 bridgehead atoms. The minimum Gasteiger partial charge on any atom is -0.507 e. The lowest BCUT2D eigenvalue weighted by atomic mass is 9.98. The zero-order valence-corrected chi connectivity index (χ0v) is 20.7. The number of unbranched alkanes of at least 4 members (excludes halogenated alkanes) is 17. The van der Waals surface area contributed by atoms with E-state index >= 15 is 0 Å². The molecular formula is C28H46O5. The van der Waals surface area contributed by atoms with Crippen molar-refractivity contribution in [3.63, 3.8) is 0 Å². The predicted octanol–water partition coefficient (Wildman–Crippen LogP) is 8.37. The van der Waals surface area contributed by atoms with Gasteiger partial charge >= 0.3 is 11.9 Å². The molecule has 0 atom stereocenters. The smallest absolute Gasteiger partial charge is 0.340 e. The van der Waals surface area contributed by atoms with Gasteiger partial charge in [-0.2, -0.15) is 0 Å². The van der Waals surface area contributed by atoms with Crippen LogP contribution in [0.4, 0.5) is 0 Å². The molecular weight excluding hydrogens is 416 g/mol. The first-order valence-corrected chi connectivity index (χ1v) is 13.3. The lowest BCUT2D eigenvalue weighted by Crippen LogP contribution is -2.09. The van der Waals surface area contributed by atoms with Crippen LogP contribution in [0.25, 0.3) is 0 Å². The minimum absolute atomic E-state index is 0.374. The van der Waals surface area contributed by atoms with Crippen molar-refractivity contribution in [2.24, 2.45) is 0 Å². The van der Waals surface area contributed by atoms with Gasteiger partial charge in [-0.3, -0.25) is 0 Å². The van der Waals surface area contributed by atoms with Crippen molar-refractivity contribution in [1.29, 1.82) is 0 Å². The Morgan fingerprint density at radius 1 is 0.606 bits per heavy atom. The molecule has 5 heteroatoms. The summed E-state index contributed by atoms with van der Waals surface area (Å²) in [4.78, 5) is 22.5. The van der Waals surface area contributed by atoms with Crippen LogP contribution in [0.15, 0.2) is 12.1 Å². The van der Waals surface area contributed by atoms with Gasteiger partial charge in [0.15, 0.2) is 0 Å². The van der Waals surface area contributed by atoms with Crippen LogP contribution in [0, 0.1) is 0 Å². The van der Waals surface area contributed by atoms with Crippen LogP contribution < -0.4 is 0 Å². The molecule has 1 aromatic rings. The molecule has 0 saturated carbocycles. The van der Waals surface area contributed by atoms with E-state index in [1.807, 2.05) is 0 Å². The molecule has 188 valence electrons. The van der Waals surface area contributed by atoms with Crippen molar-refractivity contribution >= 4 is 11.9 Å². The number of carbonyl (C=O) groups is 2. The molecule has 1 rings (SSSR count). The van der Waals surface area contributed by atoms with Crippen LogP contribution in [0.1, 0.15) is 149 Å². The summed E-state index contributed by atoms with van der Waals surface area (Å²) in [5.74, 6) is -3.17. The molecule has 0 aliphatic heterocycles. The number of hydrogen-bond donors (Lipinski definition) is 3. The van der Waals surface area contributed by atoms with Crippen molar-refractivity contribution in [1.82, 2.24) is 0 Å². The van der Waals surface area contributed by atoms with E-state index in [0.29, 0.717) is 12.0 Å². The molecule has 33 heavy (non-hydrogen) atoms. The van der Waals surface area contributed by atoms with E-state index in [4.69, 9.17) is 5.11 Å². The Hall–Kier alpha value is -2.04. The number of hydrogen-bond acceptors (Lipinski definition) is 3. The van der Waals surface area contributed by atoms with Gasteiger partial charge in [0.05, 0.1) is 5.56 Å². The van der Waals surface area contributed by atoms with Crippen LogP contribution >= 0.6 is 0 Å². The number of aromatic hydroxyl groups is 1. The predicted molar refractivity (Wildman–Crippen MR) is 135 cm³/mol. The number of rotatable bonds is 21. The van der Waals surface area contributed by atoms with Gasteiger partial charge in [0, 0.05) is 0 Å². The fourth-order valence-electron chi connectivity index (χ4n) is 4.45. The van der Waals surface area contributed by atoms with Gasteiger partial charge in [-0.25, -0.2) is 9.59 Å². The van der Waals surface area contributed by atoms with Crippen LogP contribution in [-0.2, 0) is 6.42 Å². The van der Waals surface area contributed by atoms with Gasteiger partial charge < -0.3 is 15.3 Å². The molecule has 0 fully saturated rings. The third-order valence-corrected chi connectivity index (χ3v) is 6.51. The number of phenols is 1. The van der Waals surface area contributed by atoms with Gasteiger partial charge in [0.2, 0.25) is 0 Å². The van der Waals surface area contributed by atoms with Crippen molar-refractivity contribution in [3.05, 3.63) is 28.8 Å². The molecule has 0 radical (unpaired) electrons. The normalized spacial score (nSPS) is 11.1. The van der Waals surface area contributed by atoms with E-state index < -0.39 is 23.3 Å². The zero-order chi connectivity index (χ0) is 24.3. The lowest BCUT2D eigenvalue weighted by molar-refractivity contribution is 0.0648. The van der Waals surface area contributed by atoms with Crippen LogP contribution in [0.5, 0.6) is 5.75 Å². The van der Waals surface area contributed by atoms with Crippen LogP contribution in [0.3, 0.4) is 0 Å².